The molecule has 0 aromatic carbocycles. The number of aromatic nitrogens is 2. The summed E-state index contributed by atoms with van der Waals surface area (Å²) < 4.78 is 1.74. The third-order valence-corrected chi connectivity index (χ3v) is 3.95. The quantitative estimate of drug-likeness (QED) is 0.805. The maximum Gasteiger partial charge on any atom is 0.272 e. The first-order chi connectivity index (χ1) is 10.8. The molecule has 0 saturated carbocycles. The van der Waals surface area contributed by atoms with E-state index in [1.807, 2.05) is 13.8 Å². The van der Waals surface area contributed by atoms with Crippen LogP contribution in [0.4, 0.5) is 0 Å². The Kier molecular flexibility index (Phi) is 5.02. The summed E-state index contributed by atoms with van der Waals surface area (Å²) in [5.74, 6) is -1.11. The number of hydrogen-bond donors (Lipinski definition) is 2. The molecule has 1 atom stereocenters. The summed E-state index contributed by atoms with van der Waals surface area (Å²) in [6.45, 7) is 6.90. The van der Waals surface area contributed by atoms with Gasteiger partial charge in [0.25, 0.3) is 5.91 Å². The van der Waals surface area contributed by atoms with Crippen molar-refractivity contribution in [1.29, 1.82) is 0 Å². The standard InChI is InChI=1S/C15H23N5O3/c1-9(2)13(14(16)22)17-15(23)12-7-11-8-19(10(3)21)5-4-6-20(11)18-12/h7,9,13H,4-6,8H2,1-3H3,(H2,16,22)(H,17,23)/t13-/m0/s1. The van der Waals surface area contributed by atoms with Gasteiger partial charge in [0.05, 0.1) is 12.2 Å². The van der Waals surface area contributed by atoms with Gasteiger partial charge in [-0.2, -0.15) is 5.10 Å². The number of primary amides is 1. The van der Waals surface area contributed by atoms with Gasteiger partial charge in [-0.1, -0.05) is 13.8 Å². The van der Waals surface area contributed by atoms with Crippen molar-refractivity contribution < 1.29 is 14.4 Å². The van der Waals surface area contributed by atoms with Gasteiger partial charge in [0.2, 0.25) is 11.8 Å². The number of carbonyl (C=O) groups is 3. The van der Waals surface area contributed by atoms with Gasteiger partial charge >= 0.3 is 0 Å². The molecule has 0 radical (unpaired) electrons. The van der Waals surface area contributed by atoms with Crippen LogP contribution in [-0.2, 0) is 22.7 Å². The van der Waals surface area contributed by atoms with Crippen LogP contribution in [0.3, 0.4) is 0 Å². The highest BCUT2D eigenvalue weighted by Crippen LogP contribution is 2.14. The topological polar surface area (TPSA) is 110 Å². The zero-order chi connectivity index (χ0) is 17.1. The van der Waals surface area contributed by atoms with E-state index in [2.05, 4.69) is 10.4 Å². The lowest BCUT2D eigenvalue weighted by atomic mass is 10.0. The van der Waals surface area contributed by atoms with Crippen LogP contribution >= 0.6 is 0 Å². The van der Waals surface area contributed by atoms with Crippen LogP contribution in [-0.4, -0.2) is 45.0 Å². The molecule has 1 aliphatic rings. The van der Waals surface area contributed by atoms with Gasteiger partial charge in [0, 0.05) is 20.0 Å². The van der Waals surface area contributed by atoms with Crippen LogP contribution in [0.25, 0.3) is 0 Å². The molecule has 0 bridgehead atoms. The molecule has 1 aliphatic heterocycles. The van der Waals surface area contributed by atoms with E-state index in [9.17, 15) is 14.4 Å². The summed E-state index contributed by atoms with van der Waals surface area (Å²) in [6.07, 6.45) is 0.783. The smallest absolute Gasteiger partial charge is 0.272 e. The minimum atomic E-state index is -0.738. The number of nitrogens with one attached hydrogen (secondary N) is 1. The first kappa shape index (κ1) is 17.0. The monoisotopic (exact) mass is 321 g/mol. The Balaban J connectivity index is 2.16. The number of fused-ring (bicyclic) bond motifs is 1. The number of rotatable bonds is 4. The average Bonchev–Trinajstić information content (AvgIpc) is 2.75. The lowest BCUT2D eigenvalue weighted by molar-refractivity contribution is -0.129. The highest BCUT2D eigenvalue weighted by atomic mass is 16.2. The third kappa shape index (κ3) is 3.88. The van der Waals surface area contributed by atoms with Gasteiger partial charge in [-0.25, -0.2) is 0 Å². The van der Waals surface area contributed by atoms with Crippen molar-refractivity contribution in [3.8, 4) is 0 Å². The van der Waals surface area contributed by atoms with E-state index in [0.717, 1.165) is 12.1 Å². The molecule has 8 heteroatoms. The second-order valence-electron chi connectivity index (χ2n) is 6.14. The van der Waals surface area contributed by atoms with Crippen molar-refractivity contribution in [1.82, 2.24) is 20.0 Å². The van der Waals surface area contributed by atoms with Gasteiger partial charge < -0.3 is 16.0 Å². The molecule has 1 aromatic rings. The molecule has 0 aliphatic carbocycles. The van der Waals surface area contributed by atoms with Crippen LogP contribution in [0.5, 0.6) is 0 Å². The summed E-state index contributed by atoms with van der Waals surface area (Å²) >= 11 is 0. The highest BCUT2D eigenvalue weighted by Gasteiger charge is 2.25. The van der Waals surface area contributed by atoms with Crippen LogP contribution < -0.4 is 11.1 Å². The van der Waals surface area contributed by atoms with Crippen LogP contribution in [0.15, 0.2) is 6.07 Å². The number of nitrogens with two attached hydrogens (primary N) is 1. The molecule has 23 heavy (non-hydrogen) atoms. The van der Waals surface area contributed by atoms with E-state index in [1.165, 1.54) is 6.92 Å². The van der Waals surface area contributed by atoms with E-state index >= 15 is 0 Å². The molecule has 3 N–H and O–H groups in total. The number of hydrogen-bond acceptors (Lipinski definition) is 4. The molecular formula is C15H23N5O3. The van der Waals surface area contributed by atoms with Crippen molar-refractivity contribution in [3.05, 3.63) is 17.5 Å². The van der Waals surface area contributed by atoms with Gasteiger partial charge in [-0.3, -0.25) is 19.1 Å². The maximum absolute atomic E-state index is 12.3. The summed E-state index contributed by atoms with van der Waals surface area (Å²) in [7, 11) is 0. The zero-order valence-electron chi connectivity index (χ0n) is 13.7. The minimum absolute atomic E-state index is 0.000693. The number of carbonyl (C=O) groups excluding carboxylic acids is 3. The normalized spacial score (nSPS) is 15.7. The molecule has 1 aromatic heterocycles. The van der Waals surface area contributed by atoms with E-state index in [4.69, 9.17) is 5.73 Å². The average molecular weight is 321 g/mol. The molecular weight excluding hydrogens is 298 g/mol. The van der Waals surface area contributed by atoms with Crippen LogP contribution in [0.2, 0.25) is 0 Å². The maximum atomic E-state index is 12.3. The Morgan fingerprint density at radius 1 is 1.30 bits per heavy atom. The van der Waals surface area contributed by atoms with Gasteiger partial charge in [-0.15, -0.1) is 0 Å². The lowest BCUT2D eigenvalue weighted by Gasteiger charge is -2.18. The van der Waals surface area contributed by atoms with E-state index in [-0.39, 0.29) is 17.5 Å². The largest absolute Gasteiger partial charge is 0.368 e. The Labute approximate surface area is 135 Å². The van der Waals surface area contributed by atoms with E-state index in [0.29, 0.717) is 19.6 Å². The minimum Gasteiger partial charge on any atom is -0.368 e. The van der Waals surface area contributed by atoms with Crippen molar-refractivity contribution in [2.75, 3.05) is 6.54 Å². The number of amides is 3. The first-order valence-electron chi connectivity index (χ1n) is 7.72. The van der Waals surface area contributed by atoms with Gasteiger partial charge in [0.1, 0.15) is 6.04 Å². The Hall–Kier alpha value is -2.38. The fourth-order valence-corrected chi connectivity index (χ4v) is 2.62. The number of nitrogens with zero attached hydrogens (tertiary/aromatic N) is 3. The summed E-state index contributed by atoms with van der Waals surface area (Å²) in [4.78, 5) is 37.0. The third-order valence-electron chi connectivity index (χ3n) is 3.95. The molecule has 0 unspecified atom stereocenters. The van der Waals surface area contributed by atoms with Crippen molar-refractivity contribution >= 4 is 17.7 Å². The van der Waals surface area contributed by atoms with Gasteiger partial charge in [-0.05, 0) is 18.4 Å². The van der Waals surface area contributed by atoms with Crippen molar-refractivity contribution in [3.63, 3.8) is 0 Å². The second-order valence-corrected chi connectivity index (χ2v) is 6.14. The molecule has 3 amide bonds. The molecule has 0 fully saturated rings. The van der Waals surface area contributed by atoms with Crippen LogP contribution in [0, 0.1) is 5.92 Å². The number of aryl methyl sites for hydroxylation is 1. The molecule has 2 heterocycles. The molecule has 126 valence electrons. The summed E-state index contributed by atoms with van der Waals surface area (Å²) in [5, 5.41) is 6.91. The predicted molar refractivity (Wildman–Crippen MR) is 83.2 cm³/mol. The SMILES string of the molecule is CC(=O)N1CCCn2nc(C(=O)N[C@H](C(N)=O)C(C)C)cc2C1. The molecule has 2 rings (SSSR count). The Morgan fingerprint density at radius 3 is 2.57 bits per heavy atom. The van der Waals surface area contributed by atoms with Crippen molar-refractivity contribution in [2.45, 2.75) is 46.3 Å². The second kappa shape index (κ2) is 6.80. The Morgan fingerprint density at radius 2 is 2.00 bits per heavy atom. The zero-order valence-corrected chi connectivity index (χ0v) is 13.7. The Bertz CT molecular complexity index is 623. The highest BCUT2D eigenvalue weighted by molar-refractivity contribution is 5.96. The molecule has 0 saturated heterocycles. The van der Waals surface area contributed by atoms with E-state index < -0.39 is 17.9 Å². The van der Waals surface area contributed by atoms with Crippen molar-refractivity contribution in [2.24, 2.45) is 11.7 Å². The van der Waals surface area contributed by atoms with Crippen LogP contribution in [0.1, 0.15) is 43.4 Å². The fourth-order valence-electron chi connectivity index (χ4n) is 2.62. The fraction of sp³-hybridized carbons (Fsp3) is 0.600. The predicted octanol–water partition coefficient (Wildman–Crippen LogP) is -0.125. The summed E-state index contributed by atoms with van der Waals surface area (Å²) in [6, 6.07) is 0.923. The van der Waals surface area contributed by atoms with Gasteiger partial charge in [0.15, 0.2) is 5.69 Å². The molecule has 8 nitrogen and oxygen atoms in total. The molecule has 0 spiro atoms. The van der Waals surface area contributed by atoms with E-state index in [1.54, 1.807) is 15.6 Å². The lowest BCUT2D eigenvalue weighted by Crippen LogP contribution is -2.47. The summed E-state index contributed by atoms with van der Waals surface area (Å²) in [5.41, 5.74) is 6.35. The first-order valence-corrected chi connectivity index (χ1v) is 7.72.